The number of likely N-dealkylation sites (N-methyl/N-ethyl adjacent to an activating group) is 1. The van der Waals surface area contributed by atoms with Crippen molar-refractivity contribution >= 4 is 35.0 Å². The van der Waals surface area contributed by atoms with Gasteiger partial charge in [0.05, 0.1) is 17.5 Å². The fourth-order valence-corrected chi connectivity index (χ4v) is 3.16. The van der Waals surface area contributed by atoms with Gasteiger partial charge in [-0.05, 0) is 48.9 Å². The summed E-state index contributed by atoms with van der Waals surface area (Å²) in [5, 5.41) is 10.4. The molecule has 26 heavy (non-hydrogen) atoms. The van der Waals surface area contributed by atoms with Gasteiger partial charge in [0, 0.05) is 12.6 Å². The number of imide groups is 1. The molecule has 1 saturated heterocycles. The lowest BCUT2D eigenvalue weighted by Gasteiger charge is -2.17. The van der Waals surface area contributed by atoms with E-state index in [2.05, 4.69) is 6.58 Å². The van der Waals surface area contributed by atoms with E-state index in [1.807, 2.05) is 0 Å². The summed E-state index contributed by atoms with van der Waals surface area (Å²) < 4.78 is 10.9. The van der Waals surface area contributed by atoms with Crippen LogP contribution < -0.4 is 14.6 Å². The zero-order chi connectivity index (χ0) is 19.3. The summed E-state index contributed by atoms with van der Waals surface area (Å²) in [4.78, 5) is 35.8. The van der Waals surface area contributed by atoms with Crippen molar-refractivity contribution in [2.45, 2.75) is 13.3 Å². The molecule has 0 atom stereocenters. The van der Waals surface area contributed by atoms with Crippen LogP contribution in [0.1, 0.15) is 18.1 Å². The van der Waals surface area contributed by atoms with Gasteiger partial charge >= 0.3 is 0 Å². The Hall–Kier alpha value is -2.74. The molecule has 8 heteroatoms. The van der Waals surface area contributed by atoms with Crippen LogP contribution in [0.5, 0.6) is 11.5 Å². The fourth-order valence-electron chi connectivity index (χ4n) is 2.33. The number of nitrogens with zero attached hydrogens (tertiary/aromatic N) is 1. The van der Waals surface area contributed by atoms with Crippen molar-refractivity contribution in [3.05, 3.63) is 40.8 Å². The van der Waals surface area contributed by atoms with Crippen LogP contribution in [0.4, 0.5) is 4.79 Å². The number of rotatable bonds is 8. The first-order valence-corrected chi connectivity index (χ1v) is 8.63. The van der Waals surface area contributed by atoms with Crippen LogP contribution in [-0.4, -0.2) is 42.3 Å². The monoisotopic (exact) mass is 376 g/mol. The highest BCUT2D eigenvalue weighted by atomic mass is 32.2. The maximum atomic E-state index is 12.1. The Labute approximate surface area is 155 Å². The third-order valence-electron chi connectivity index (χ3n) is 3.44. The molecule has 0 bridgehead atoms. The predicted octanol–water partition coefficient (Wildman–Crippen LogP) is 1.61. The van der Waals surface area contributed by atoms with E-state index in [0.29, 0.717) is 34.8 Å². The molecule has 1 aromatic carbocycles. The van der Waals surface area contributed by atoms with E-state index < -0.39 is 12.6 Å². The van der Waals surface area contributed by atoms with Crippen molar-refractivity contribution in [2.75, 3.05) is 20.3 Å². The zero-order valence-electron chi connectivity index (χ0n) is 14.4. The molecule has 0 unspecified atom stereocenters. The topological polar surface area (TPSA) is 96.0 Å². The Balaban J connectivity index is 2.47. The second-order valence-corrected chi connectivity index (χ2v) is 6.33. The van der Waals surface area contributed by atoms with Crippen LogP contribution in [0, 0.1) is 0 Å². The third-order valence-corrected chi connectivity index (χ3v) is 4.40. The highest BCUT2D eigenvalue weighted by molar-refractivity contribution is 8.18. The number of benzene rings is 1. The fraction of sp³-hybridized carbons (Fsp3) is 0.278. The highest BCUT2D eigenvalue weighted by Gasteiger charge is 2.31. The summed E-state index contributed by atoms with van der Waals surface area (Å²) in [6.45, 7) is 5.19. The molecule has 0 aromatic heterocycles. The maximum Gasteiger partial charge on any atom is 0.293 e. The number of hydrogen-bond donors (Lipinski definition) is 0. The number of ether oxygens (including phenoxy) is 2. The Morgan fingerprint density at radius 1 is 1.35 bits per heavy atom. The van der Waals surface area contributed by atoms with Crippen molar-refractivity contribution in [2.24, 2.45) is 0 Å². The number of amides is 2. The molecule has 1 heterocycles. The predicted molar refractivity (Wildman–Crippen MR) is 95.7 cm³/mol. The van der Waals surface area contributed by atoms with Crippen LogP contribution in [0.2, 0.25) is 0 Å². The Morgan fingerprint density at radius 3 is 2.62 bits per heavy atom. The molecule has 0 saturated carbocycles. The van der Waals surface area contributed by atoms with Crippen LogP contribution in [0.25, 0.3) is 6.08 Å². The molecule has 1 aliphatic rings. The van der Waals surface area contributed by atoms with E-state index in [4.69, 9.17) is 9.47 Å². The molecule has 0 aliphatic carbocycles. The molecule has 138 valence electrons. The number of carboxylic acids is 1. The molecule has 1 fully saturated rings. The molecule has 7 nitrogen and oxygen atoms in total. The third kappa shape index (κ3) is 4.45. The summed E-state index contributed by atoms with van der Waals surface area (Å²) in [6.07, 6.45) is 3.63. The minimum atomic E-state index is -1.35. The van der Waals surface area contributed by atoms with Crippen molar-refractivity contribution < 1.29 is 29.0 Å². The molecule has 2 rings (SSSR count). The normalized spacial score (nSPS) is 15.5. The Kier molecular flexibility index (Phi) is 6.46. The standard InChI is InChI=1S/C18H19NO6S/c1-4-6-12-7-11(9-14-17(22)19(3)18(23)26-14)8-13(24-5-2)16(12)25-10-15(20)21/h4,7-9H,1,5-6,10H2,2-3H3,(H,20,21)/p-1/b14-9-. The molecule has 0 N–H and O–H groups in total. The number of carbonyl (C=O) groups excluding carboxylic acids is 3. The number of carbonyl (C=O) groups is 3. The van der Waals surface area contributed by atoms with Gasteiger partial charge in [-0.3, -0.25) is 14.5 Å². The van der Waals surface area contributed by atoms with Crippen LogP contribution in [0.3, 0.4) is 0 Å². The molecule has 0 spiro atoms. The van der Waals surface area contributed by atoms with E-state index in [-0.39, 0.29) is 16.9 Å². The smallest absolute Gasteiger partial charge is 0.293 e. The van der Waals surface area contributed by atoms with Gasteiger partial charge in [-0.25, -0.2) is 0 Å². The number of carboxylic acid groups (broad SMARTS) is 1. The zero-order valence-corrected chi connectivity index (χ0v) is 15.3. The number of aliphatic carboxylic acids is 1. The van der Waals surface area contributed by atoms with Gasteiger partial charge in [-0.2, -0.15) is 0 Å². The Bertz CT molecular complexity index is 786. The van der Waals surface area contributed by atoms with Gasteiger partial charge in [-0.1, -0.05) is 6.08 Å². The van der Waals surface area contributed by atoms with E-state index >= 15 is 0 Å². The summed E-state index contributed by atoms with van der Waals surface area (Å²) in [5.41, 5.74) is 1.28. The average Bonchev–Trinajstić information content (AvgIpc) is 2.81. The summed E-state index contributed by atoms with van der Waals surface area (Å²) in [6, 6.07) is 3.36. The lowest BCUT2D eigenvalue weighted by atomic mass is 10.0. The SMILES string of the molecule is C=CCc1cc(/C=C2\SC(=O)N(C)C2=O)cc(OCC)c1OCC(=O)[O-]. The van der Waals surface area contributed by atoms with Gasteiger partial charge in [0.2, 0.25) is 0 Å². The second-order valence-electron chi connectivity index (χ2n) is 5.33. The van der Waals surface area contributed by atoms with Crippen LogP contribution >= 0.6 is 11.8 Å². The first-order chi connectivity index (χ1) is 12.4. The quantitative estimate of drug-likeness (QED) is 0.502. The van der Waals surface area contributed by atoms with E-state index in [9.17, 15) is 19.5 Å². The highest BCUT2D eigenvalue weighted by Crippen LogP contribution is 2.37. The average molecular weight is 376 g/mol. The van der Waals surface area contributed by atoms with Crippen molar-refractivity contribution in [1.29, 1.82) is 0 Å². The molecule has 2 amide bonds. The summed E-state index contributed by atoms with van der Waals surface area (Å²) >= 11 is 0.854. The summed E-state index contributed by atoms with van der Waals surface area (Å²) in [7, 11) is 1.42. The number of allylic oxidation sites excluding steroid dienone is 1. The van der Waals surface area contributed by atoms with Crippen LogP contribution in [0.15, 0.2) is 29.7 Å². The minimum Gasteiger partial charge on any atom is -0.546 e. The van der Waals surface area contributed by atoms with Gasteiger partial charge < -0.3 is 19.4 Å². The molecule has 0 radical (unpaired) electrons. The van der Waals surface area contributed by atoms with Gasteiger partial charge in [0.15, 0.2) is 11.5 Å². The maximum absolute atomic E-state index is 12.1. The van der Waals surface area contributed by atoms with Crippen molar-refractivity contribution in [3.63, 3.8) is 0 Å². The first kappa shape index (κ1) is 19.6. The lowest BCUT2D eigenvalue weighted by Crippen LogP contribution is -2.29. The summed E-state index contributed by atoms with van der Waals surface area (Å²) in [5.74, 6) is -1.09. The van der Waals surface area contributed by atoms with Crippen LogP contribution in [-0.2, 0) is 16.0 Å². The Morgan fingerprint density at radius 2 is 2.08 bits per heavy atom. The largest absolute Gasteiger partial charge is 0.546 e. The van der Waals surface area contributed by atoms with Crippen molar-refractivity contribution in [1.82, 2.24) is 4.90 Å². The van der Waals surface area contributed by atoms with E-state index in [0.717, 1.165) is 16.7 Å². The van der Waals surface area contributed by atoms with E-state index in [1.165, 1.54) is 7.05 Å². The number of thioether (sulfide) groups is 1. The minimum absolute atomic E-state index is 0.289. The van der Waals surface area contributed by atoms with Gasteiger partial charge in [-0.15, -0.1) is 6.58 Å². The molecular formula is C18H18NO6S-. The van der Waals surface area contributed by atoms with Gasteiger partial charge in [0.25, 0.3) is 11.1 Å². The van der Waals surface area contributed by atoms with Crippen molar-refractivity contribution in [3.8, 4) is 11.5 Å². The number of hydrogen-bond acceptors (Lipinski definition) is 7. The lowest BCUT2D eigenvalue weighted by molar-refractivity contribution is -0.307. The molecule has 1 aromatic rings. The first-order valence-electron chi connectivity index (χ1n) is 7.82. The molecular weight excluding hydrogens is 358 g/mol. The second kappa shape index (κ2) is 8.57. The van der Waals surface area contributed by atoms with E-state index in [1.54, 1.807) is 31.2 Å². The van der Waals surface area contributed by atoms with Gasteiger partial charge in [0.1, 0.15) is 6.61 Å². The molecule has 1 aliphatic heterocycles.